The van der Waals surface area contributed by atoms with Gasteiger partial charge in [0.1, 0.15) is 30.2 Å². The summed E-state index contributed by atoms with van der Waals surface area (Å²) < 4.78 is 4.38. The van der Waals surface area contributed by atoms with E-state index in [9.17, 15) is 34.5 Å². The summed E-state index contributed by atoms with van der Waals surface area (Å²) in [6.07, 6.45) is -8.06. The predicted molar refractivity (Wildman–Crippen MR) is 107 cm³/mol. The second-order valence-corrected chi connectivity index (χ2v) is 6.77. The van der Waals surface area contributed by atoms with Crippen molar-refractivity contribution < 1.29 is 59.7 Å². The number of rotatable bonds is 11. The molecule has 0 saturated carbocycles. The summed E-state index contributed by atoms with van der Waals surface area (Å²) in [6, 6.07) is 0. The SMILES string of the molecule is Nc1ncnc2nc[nH]c12.O=C[C@H](OC(=O)CC(O)(CC(=O)O)C(=O)O)[C@@H](O)[C@H](O)[C@H](O)CO. The molecule has 17 heteroatoms. The number of ether oxygens (including phenoxy) is 1. The number of carboxylic acids is 2. The van der Waals surface area contributed by atoms with Crippen LogP contribution in [-0.2, 0) is 23.9 Å². The lowest BCUT2D eigenvalue weighted by Gasteiger charge is -2.26. The number of aldehydes is 1. The number of aliphatic hydroxyl groups is 5. The van der Waals surface area contributed by atoms with Crippen LogP contribution in [0.2, 0.25) is 0 Å². The first-order chi connectivity index (χ1) is 15.9. The van der Waals surface area contributed by atoms with Gasteiger partial charge in [-0.15, -0.1) is 0 Å². The van der Waals surface area contributed by atoms with Crippen molar-refractivity contribution in [2.24, 2.45) is 0 Å². The molecule has 2 aromatic rings. The molecule has 5 atom stereocenters. The fourth-order valence-electron chi connectivity index (χ4n) is 2.39. The van der Waals surface area contributed by atoms with Crippen LogP contribution in [0.15, 0.2) is 12.7 Å². The van der Waals surface area contributed by atoms with Crippen LogP contribution in [0.4, 0.5) is 5.82 Å². The maximum Gasteiger partial charge on any atom is 0.336 e. The van der Waals surface area contributed by atoms with Gasteiger partial charge >= 0.3 is 17.9 Å². The maximum absolute atomic E-state index is 11.6. The molecule has 0 bridgehead atoms. The standard InChI is InChI=1S/C12H18O12.C5H5N5/c13-3-5(15)9(19)10(20)6(4-14)24-8(18)2-12(23,11(21)22)1-7(16)17;6-4-3-5(9-1-7-3)10-2-8-4/h4-6,9-10,13,15,19-20,23H,1-3H2,(H,16,17)(H,21,22);1-2H,(H3,6,7,8,9,10)/t5-,6+,9-,10-,12?;/m1./s1. The summed E-state index contributed by atoms with van der Waals surface area (Å²) >= 11 is 0. The fraction of sp³-hybridized carbons (Fsp3) is 0.471. The molecule has 2 rings (SSSR count). The minimum absolute atomic E-state index is 0.146. The minimum atomic E-state index is -3.01. The third-order valence-electron chi connectivity index (χ3n) is 4.20. The predicted octanol–water partition coefficient (Wildman–Crippen LogP) is -4.21. The monoisotopic (exact) mass is 489 g/mol. The molecule has 34 heavy (non-hydrogen) atoms. The van der Waals surface area contributed by atoms with Crippen molar-refractivity contribution in [1.82, 2.24) is 19.9 Å². The zero-order valence-corrected chi connectivity index (χ0v) is 17.3. The Labute approximate surface area is 189 Å². The van der Waals surface area contributed by atoms with Gasteiger partial charge in [-0.05, 0) is 0 Å². The summed E-state index contributed by atoms with van der Waals surface area (Å²) in [5.74, 6) is -4.87. The molecule has 17 nitrogen and oxygen atoms in total. The van der Waals surface area contributed by atoms with Gasteiger partial charge in [-0.3, -0.25) is 14.4 Å². The number of nitrogens with zero attached hydrogens (tertiary/aromatic N) is 3. The number of aliphatic hydroxyl groups excluding tert-OH is 4. The number of carboxylic acid groups (broad SMARTS) is 2. The normalized spacial score (nSPS) is 16.1. The topological polar surface area (TPSA) is 300 Å². The van der Waals surface area contributed by atoms with Crippen molar-refractivity contribution in [2.45, 2.75) is 42.9 Å². The Balaban J connectivity index is 0.000000469. The molecule has 0 amide bonds. The highest BCUT2D eigenvalue weighted by Gasteiger charge is 2.42. The van der Waals surface area contributed by atoms with Crippen molar-refractivity contribution in [3.05, 3.63) is 12.7 Å². The highest BCUT2D eigenvalue weighted by molar-refractivity contribution is 5.89. The second-order valence-electron chi connectivity index (χ2n) is 6.77. The number of carbonyl (C=O) groups is 4. The molecule has 10 N–H and O–H groups in total. The van der Waals surface area contributed by atoms with Crippen LogP contribution in [0, 0.1) is 0 Å². The van der Waals surface area contributed by atoms with Crippen LogP contribution in [0.5, 0.6) is 0 Å². The third kappa shape index (κ3) is 7.67. The molecule has 0 aliphatic rings. The molecule has 0 saturated heterocycles. The number of H-pyrrole nitrogens is 1. The van der Waals surface area contributed by atoms with Gasteiger partial charge in [0, 0.05) is 0 Å². The van der Waals surface area contributed by atoms with Crippen LogP contribution in [0.25, 0.3) is 11.2 Å². The van der Waals surface area contributed by atoms with Gasteiger partial charge in [-0.25, -0.2) is 19.7 Å². The van der Waals surface area contributed by atoms with E-state index in [-0.39, 0.29) is 6.29 Å². The molecule has 0 aromatic carbocycles. The number of anilines is 1. The summed E-state index contributed by atoms with van der Waals surface area (Å²) in [4.78, 5) is 58.2. The van der Waals surface area contributed by atoms with E-state index in [0.29, 0.717) is 17.0 Å². The van der Waals surface area contributed by atoms with Gasteiger partial charge in [0.25, 0.3) is 0 Å². The van der Waals surface area contributed by atoms with Gasteiger partial charge < -0.3 is 51.2 Å². The lowest BCUT2D eigenvalue weighted by atomic mass is 9.96. The van der Waals surface area contributed by atoms with Crippen molar-refractivity contribution in [3.8, 4) is 0 Å². The van der Waals surface area contributed by atoms with E-state index in [0.717, 1.165) is 0 Å². The number of aromatic nitrogens is 4. The smallest absolute Gasteiger partial charge is 0.336 e. The first-order valence-electron chi connectivity index (χ1n) is 9.23. The molecular weight excluding hydrogens is 466 g/mol. The third-order valence-corrected chi connectivity index (χ3v) is 4.20. The van der Waals surface area contributed by atoms with Crippen LogP contribution < -0.4 is 5.73 Å². The van der Waals surface area contributed by atoms with Gasteiger partial charge in [0.2, 0.25) is 0 Å². The maximum atomic E-state index is 11.6. The number of aliphatic carboxylic acids is 2. The van der Waals surface area contributed by atoms with Crippen molar-refractivity contribution in [3.63, 3.8) is 0 Å². The zero-order chi connectivity index (χ0) is 26.1. The largest absolute Gasteiger partial charge is 0.481 e. The lowest BCUT2D eigenvalue weighted by molar-refractivity contribution is -0.179. The number of nitrogens with two attached hydrogens (primary N) is 1. The number of carbonyl (C=O) groups excluding carboxylic acids is 2. The zero-order valence-electron chi connectivity index (χ0n) is 17.3. The number of nitrogens with one attached hydrogen (secondary N) is 1. The van der Waals surface area contributed by atoms with E-state index in [1.54, 1.807) is 0 Å². The number of esters is 1. The Bertz CT molecular complexity index is 1000. The van der Waals surface area contributed by atoms with E-state index in [2.05, 4.69) is 24.7 Å². The summed E-state index contributed by atoms with van der Waals surface area (Å²) in [5.41, 5.74) is 3.77. The van der Waals surface area contributed by atoms with Crippen LogP contribution in [0.3, 0.4) is 0 Å². The number of fused-ring (bicyclic) bond motifs is 1. The van der Waals surface area contributed by atoms with Crippen LogP contribution in [-0.4, -0.2) is 116 Å². The van der Waals surface area contributed by atoms with Crippen molar-refractivity contribution in [2.75, 3.05) is 12.3 Å². The van der Waals surface area contributed by atoms with Crippen molar-refractivity contribution >= 4 is 41.2 Å². The van der Waals surface area contributed by atoms with Gasteiger partial charge in [0.05, 0.1) is 25.8 Å². The average molecular weight is 489 g/mol. The Morgan fingerprint density at radius 3 is 2.26 bits per heavy atom. The molecule has 2 aromatic heterocycles. The van der Waals surface area contributed by atoms with Crippen molar-refractivity contribution in [1.29, 1.82) is 0 Å². The highest BCUT2D eigenvalue weighted by Crippen LogP contribution is 2.18. The number of hydrogen-bond donors (Lipinski definition) is 9. The molecule has 0 radical (unpaired) electrons. The van der Waals surface area contributed by atoms with Gasteiger partial charge in [0.15, 0.2) is 29.5 Å². The number of nitrogen functional groups attached to an aromatic ring is 1. The van der Waals surface area contributed by atoms with E-state index in [1.165, 1.54) is 12.7 Å². The van der Waals surface area contributed by atoms with Gasteiger partial charge in [-0.1, -0.05) is 0 Å². The number of hydrogen-bond acceptors (Lipinski definition) is 14. The molecule has 0 aliphatic carbocycles. The number of imidazole rings is 1. The highest BCUT2D eigenvalue weighted by atomic mass is 16.6. The number of aromatic amines is 1. The second kappa shape index (κ2) is 12.5. The molecule has 0 aliphatic heterocycles. The minimum Gasteiger partial charge on any atom is -0.481 e. The summed E-state index contributed by atoms with van der Waals surface area (Å²) in [5, 5.41) is 63.7. The van der Waals surface area contributed by atoms with E-state index < -0.39 is 67.4 Å². The first kappa shape index (κ1) is 28.3. The lowest BCUT2D eigenvalue weighted by Crippen LogP contribution is -2.49. The molecular formula is C17H23N5O12. The summed E-state index contributed by atoms with van der Waals surface area (Å²) in [7, 11) is 0. The average Bonchev–Trinajstić information content (AvgIpc) is 3.26. The van der Waals surface area contributed by atoms with Crippen LogP contribution in [0.1, 0.15) is 12.8 Å². The quantitative estimate of drug-likeness (QED) is 0.107. The van der Waals surface area contributed by atoms with Gasteiger partial charge in [-0.2, -0.15) is 0 Å². The Hall–Kier alpha value is -3.77. The Kier molecular flexibility index (Phi) is 10.4. The van der Waals surface area contributed by atoms with E-state index in [4.69, 9.17) is 26.2 Å². The van der Waals surface area contributed by atoms with E-state index in [1.807, 2.05) is 0 Å². The molecule has 2 heterocycles. The molecule has 1 unspecified atom stereocenters. The fourth-order valence-corrected chi connectivity index (χ4v) is 2.39. The Morgan fingerprint density at radius 1 is 1.12 bits per heavy atom. The first-order valence-corrected chi connectivity index (χ1v) is 9.23. The molecule has 0 spiro atoms. The van der Waals surface area contributed by atoms with E-state index >= 15 is 0 Å². The summed E-state index contributed by atoms with van der Waals surface area (Å²) in [6.45, 7) is -0.977. The Morgan fingerprint density at radius 2 is 1.76 bits per heavy atom. The van der Waals surface area contributed by atoms with Crippen LogP contribution >= 0.6 is 0 Å². The molecule has 0 fully saturated rings. The molecule has 188 valence electrons.